The second-order valence-corrected chi connectivity index (χ2v) is 7.56. The average Bonchev–Trinajstić information content (AvgIpc) is 3.02. The van der Waals surface area contributed by atoms with Crippen LogP contribution < -0.4 is 4.90 Å². The Morgan fingerprint density at radius 2 is 1.69 bits per heavy atom. The van der Waals surface area contributed by atoms with Crippen LogP contribution in [-0.4, -0.2) is 44.8 Å². The molecule has 8 heteroatoms. The van der Waals surface area contributed by atoms with Crippen LogP contribution in [-0.2, 0) is 16.0 Å². The lowest BCUT2D eigenvalue weighted by molar-refractivity contribution is -0.118. The van der Waals surface area contributed by atoms with Crippen LogP contribution in [0.3, 0.4) is 0 Å². The number of para-hydroxylation sites is 1. The molecule has 0 atom stereocenters. The smallest absolute Gasteiger partial charge is 0.340 e. The average molecular weight is 436 g/mol. The fraction of sp³-hybridized carbons (Fsp3) is 0.375. The van der Waals surface area contributed by atoms with Gasteiger partial charge in [0.25, 0.3) is 5.95 Å². The number of hydrogen-bond acceptors (Lipinski definition) is 6. The normalized spacial score (nSPS) is 10.8. The van der Waals surface area contributed by atoms with Gasteiger partial charge in [0.2, 0.25) is 5.91 Å². The van der Waals surface area contributed by atoms with Crippen molar-refractivity contribution in [1.29, 1.82) is 0 Å². The lowest BCUT2D eigenvalue weighted by Gasteiger charge is -2.23. The van der Waals surface area contributed by atoms with Gasteiger partial charge in [-0.2, -0.15) is 5.10 Å². The van der Waals surface area contributed by atoms with Crippen molar-refractivity contribution >= 4 is 17.6 Å². The monoisotopic (exact) mass is 435 g/mol. The Labute approximate surface area is 188 Å². The number of carbonyl (C=O) groups is 2. The van der Waals surface area contributed by atoms with Crippen molar-refractivity contribution in [3.63, 3.8) is 0 Å². The SMILES string of the molecule is CCOC(=O)c1ccccc1N(CC)C(=O)Cc1c(C)nn(-c2nc(C)cc(C)n2)c1C. The van der Waals surface area contributed by atoms with Gasteiger partial charge < -0.3 is 9.64 Å². The van der Waals surface area contributed by atoms with Gasteiger partial charge in [0.15, 0.2) is 0 Å². The van der Waals surface area contributed by atoms with E-state index in [0.717, 1.165) is 28.3 Å². The molecule has 168 valence electrons. The summed E-state index contributed by atoms with van der Waals surface area (Å²) in [6.45, 7) is 11.9. The Bertz CT molecular complexity index is 1130. The summed E-state index contributed by atoms with van der Waals surface area (Å²) in [4.78, 5) is 36.3. The summed E-state index contributed by atoms with van der Waals surface area (Å²) >= 11 is 0. The molecule has 3 rings (SSSR count). The number of aryl methyl sites for hydroxylation is 3. The van der Waals surface area contributed by atoms with Crippen molar-refractivity contribution in [3.05, 3.63) is 64.2 Å². The van der Waals surface area contributed by atoms with E-state index < -0.39 is 5.97 Å². The molecule has 0 spiro atoms. The van der Waals surface area contributed by atoms with Crippen LogP contribution in [0, 0.1) is 27.7 Å². The Morgan fingerprint density at radius 3 is 2.31 bits per heavy atom. The molecule has 3 aromatic rings. The molecule has 1 aromatic carbocycles. The number of aromatic nitrogens is 4. The molecule has 0 aliphatic heterocycles. The first-order chi connectivity index (χ1) is 15.3. The van der Waals surface area contributed by atoms with Gasteiger partial charge in [-0.1, -0.05) is 12.1 Å². The predicted molar refractivity (Wildman–Crippen MR) is 122 cm³/mol. The summed E-state index contributed by atoms with van der Waals surface area (Å²) in [5.74, 6) is -0.0837. The molecule has 0 N–H and O–H groups in total. The van der Waals surface area contributed by atoms with E-state index >= 15 is 0 Å². The van der Waals surface area contributed by atoms with Crippen LogP contribution in [0.4, 0.5) is 5.69 Å². The number of rotatable bonds is 7. The lowest BCUT2D eigenvalue weighted by atomic mass is 10.1. The van der Waals surface area contributed by atoms with Gasteiger partial charge in [0.1, 0.15) is 0 Å². The van der Waals surface area contributed by atoms with Gasteiger partial charge in [0, 0.05) is 29.2 Å². The molecule has 0 unspecified atom stereocenters. The summed E-state index contributed by atoms with van der Waals surface area (Å²) in [6, 6.07) is 8.91. The van der Waals surface area contributed by atoms with E-state index in [2.05, 4.69) is 15.1 Å². The molecule has 0 aliphatic rings. The molecule has 8 nitrogen and oxygen atoms in total. The number of hydrogen-bond donors (Lipinski definition) is 0. The van der Waals surface area contributed by atoms with Gasteiger partial charge >= 0.3 is 5.97 Å². The maximum Gasteiger partial charge on any atom is 0.340 e. The fourth-order valence-electron chi connectivity index (χ4n) is 3.75. The Balaban J connectivity index is 1.93. The molecule has 0 aliphatic carbocycles. The van der Waals surface area contributed by atoms with E-state index in [1.165, 1.54) is 0 Å². The summed E-state index contributed by atoms with van der Waals surface area (Å²) in [7, 11) is 0. The number of nitrogens with zero attached hydrogens (tertiary/aromatic N) is 5. The number of anilines is 1. The Kier molecular flexibility index (Phi) is 7.02. The highest BCUT2D eigenvalue weighted by molar-refractivity contribution is 6.03. The number of esters is 1. The Morgan fingerprint density at radius 1 is 1.03 bits per heavy atom. The van der Waals surface area contributed by atoms with Crippen molar-refractivity contribution in [1.82, 2.24) is 19.7 Å². The quantitative estimate of drug-likeness (QED) is 0.526. The van der Waals surface area contributed by atoms with Gasteiger partial charge in [-0.3, -0.25) is 4.79 Å². The standard InChI is InChI=1S/C24H29N5O3/c1-7-28(21-12-10-9-11-19(21)23(31)32-8-2)22(30)14-20-17(5)27-29(18(20)6)24-25-15(3)13-16(4)26-24/h9-13H,7-8,14H2,1-6H3. The molecule has 1 amide bonds. The zero-order chi connectivity index (χ0) is 23.4. The number of likely N-dealkylation sites (N-methyl/N-ethyl adjacent to an activating group) is 1. The van der Waals surface area contributed by atoms with Crippen LogP contribution in [0.25, 0.3) is 5.95 Å². The molecule has 0 fully saturated rings. The summed E-state index contributed by atoms with van der Waals surface area (Å²) in [5, 5.41) is 4.59. The minimum absolute atomic E-state index is 0.128. The second kappa shape index (κ2) is 9.72. The number of carbonyl (C=O) groups excluding carboxylic acids is 2. The third-order valence-corrected chi connectivity index (χ3v) is 5.24. The highest BCUT2D eigenvalue weighted by atomic mass is 16.5. The molecule has 2 heterocycles. The minimum atomic E-state index is -0.443. The van der Waals surface area contributed by atoms with E-state index in [-0.39, 0.29) is 18.9 Å². The topological polar surface area (TPSA) is 90.2 Å². The Hall–Kier alpha value is -3.55. The van der Waals surface area contributed by atoms with Crippen molar-refractivity contribution in [2.24, 2.45) is 0 Å². The first-order valence-electron chi connectivity index (χ1n) is 10.7. The first kappa shape index (κ1) is 23.1. The van der Waals surface area contributed by atoms with Gasteiger partial charge in [-0.15, -0.1) is 0 Å². The molecule has 0 bridgehead atoms. The maximum absolute atomic E-state index is 13.3. The zero-order valence-corrected chi connectivity index (χ0v) is 19.5. The lowest BCUT2D eigenvalue weighted by Crippen LogP contribution is -2.33. The zero-order valence-electron chi connectivity index (χ0n) is 19.5. The maximum atomic E-state index is 13.3. The van der Waals surface area contributed by atoms with Crippen molar-refractivity contribution in [3.8, 4) is 5.95 Å². The van der Waals surface area contributed by atoms with Crippen molar-refractivity contribution in [2.75, 3.05) is 18.1 Å². The van der Waals surface area contributed by atoms with Crippen LogP contribution in [0.15, 0.2) is 30.3 Å². The largest absolute Gasteiger partial charge is 0.462 e. The number of ether oxygens (including phenoxy) is 1. The van der Waals surface area contributed by atoms with Crippen molar-refractivity contribution < 1.29 is 14.3 Å². The second-order valence-electron chi connectivity index (χ2n) is 7.56. The van der Waals surface area contributed by atoms with Crippen LogP contribution in [0.1, 0.15) is 52.5 Å². The van der Waals surface area contributed by atoms with E-state index in [4.69, 9.17) is 4.74 Å². The van der Waals surface area contributed by atoms with E-state index in [1.807, 2.05) is 40.7 Å². The van der Waals surface area contributed by atoms with Crippen LogP contribution in [0.5, 0.6) is 0 Å². The third-order valence-electron chi connectivity index (χ3n) is 5.24. The van der Waals surface area contributed by atoms with Gasteiger partial charge in [0.05, 0.1) is 30.0 Å². The van der Waals surface area contributed by atoms with Gasteiger partial charge in [-0.05, 0) is 59.7 Å². The van der Waals surface area contributed by atoms with Crippen LogP contribution >= 0.6 is 0 Å². The van der Waals surface area contributed by atoms with E-state index in [9.17, 15) is 9.59 Å². The molecular weight excluding hydrogens is 406 g/mol. The summed E-state index contributed by atoms with van der Waals surface area (Å²) < 4.78 is 6.85. The predicted octanol–water partition coefficient (Wildman–Crippen LogP) is 3.67. The molecular formula is C24H29N5O3. The highest BCUT2D eigenvalue weighted by Gasteiger charge is 2.24. The summed E-state index contributed by atoms with van der Waals surface area (Å²) in [6.07, 6.45) is 0.146. The first-order valence-corrected chi connectivity index (χ1v) is 10.7. The molecule has 0 radical (unpaired) electrons. The molecule has 0 saturated carbocycles. The van der Waals surface area contributed by atoms with E-state index in [0.29, 0.717) is 23.7 Å². The summed E-state index contributed by atoms with van der Waals surface area (Å²) in [5.41, 5.74) is 5.00. The molecule has 2 aromatic heterocycles. The third kappa shape index (κ3) is 4.69. The van der Waals surface area contributed by atoms with E-state index in [1.54, 1.807) is 40.8 Å². The van der Waals surface area contributed by atoms with Crippen molar-refractivity contribution in [2.45, 2.75) is 48.0 Å². The number of amides is 1. The minimum Gasteiger partial charge on any atom is -0.462 e. The fourth-order valence-corrected chi connectivity index (χ4v) is 3.75. The van der Waals surface area contributed by atoms with Crippen LogP contribution in [0.2, 0.25) is 0 Å². The highest BCUT2D eigenvalue weighted by Crippen LogP contribution is 2.24. The molecule has 32 heavy (non-hydrogen) atoms. The number of benzene rings is 1. The molecule has 0 saturated heterocycles. The van der Waals surface area contributed by atoms with Gasteiger partial charge in [-0.25, -0.2) is 19.4 Å².